The number of nitrogens with zero attached hydrogens (tertiary/aromatic N) is 2. The molecule has 3 rings (SSSR count). The first-order chi connectivity index (χ1) is 13.9. The van der Waals surface area contributed by atoms with Crippen molar-refractivity contribution in [2.45, 2.75) is 53.5 Å². The number of carbonyl (C=O) groups is 1. The Morgan fingerprint density at radius 3 is 2.34 bits per heavy atom. The zero-order chi connectivity index (χ0) is 21.6. The van der Waals surface area contributed by atoms with Crippen LogP contribution in [0.1, 0.15) is 59.3 Å². The second-order valence-electron chi connectivity index (χ2n) is 7.23. The Kier molecular flexibility index (Phi) is 7.67. The van der Waals surface area contributed by atoms with Gasteiger partial charge in [-0.1, -0.05) is 32.0 Å². The van der Waals surface area contributed by atoms with Gasteiger partial charge in [0.25, 0.3) is 0 Å². The molecule has 0 bridgehead atoms. The number of nitriles is 1. The number of nitrogens with one attached hydrogen (secondary N) is 1. The number of aromatic carboxylic acids is 1. The van der Waals surface area contributed by atoms with E-state index in [2.05, 4.69) is 16.3 Å². The predicted octanol–water partition coefficient (Wildman–Crippen LogP) is 5.29. The second kappa shape index (κ2) is 9.97. The molecule has 5 nitrogen and oxygen atoms in total. The molecule has 0 amide bonds. The van der Waals surface area contributed by atoms with Crippen molar-refractivity contribution in [1.82, 2.24) is 0 Å². The molecule has 5 heteroatoms. The van der Waals surface area contributed by atoms with Crippen LogP contribution in [0.3, 0.4) is 0 Å². The molecule has 0 saturated carbocycles. The first-order valence-electron chi connectivity index (χ1n) is 10.3. The maximum Gasteiger partial charge on any atom is 0.336 e. The van der Waals surface area contributed by atoms with Crippen molar-refractivity contribution in [2.75, 3.05) is 23.3 Å². The average Bonchev–Trinajstić information content (AvgIpc) is 2.72. The predicted molar refractivity (Wildman–Crippen MR) is 119 cm³/mol. The lowest BCUT2D eigenvalue weighted by molar-refractivity contribution is 0.0695. The summed E-state index contributed by atoms with van der Waals surface area (Å²) >= 11 is 0. The summed E-state index contributed by atoms with van der Waals surface area (Å²) in [5.74, 6) is -0.879. The molecule has 0 aromatic heterocycles. The number of hydrogen-bond acceptors (Lipinski definition) is 4. The highest BCUT2D eigenvalue weighted by molar-refractivity contribution is 5.93. The van der Waals surface area contributed by atoms with Crippen molar-refractivity contribution in [3.05, 3.63) is 58.1 Å². The molecule has 154 valence electrons. The highest BCUT2D eigenvalue weighted by Crippen LogP contribution is 2.30. The van der Waals surface area contributed by atoms with Crippen LogP contribution in [0.15, 0.2) is 30.3 Å². The van der Waals surface area contributed by atoms with Crippen molar-refractivity contribution in [3.63, 3.8) is 0 Å². The minimum absolute atomic E-state index is 0.289. The summed E-state index contributed by atoms with van der Waals surface area (Å²) in [6.45, 7) is 11.5. The van der Waals surface area contributed by atoms with Crippen LogP contribution in [0.5, 0.6) is 0 Å². The van der Waals surface area contributed by atoms with E-state index in [1.54, 1.807) is 0 Å². The van der Waals surface area contributed by atoms with Crippen molar-refractivity contribution in [1.29, 1.82) is 5.26 Å². The fourth-order valence-corrected chi connectivity index (χ4v) is 4.05. The van der Waals surface area contributed by atoms with E-state index in [4.69, 9.17) is 0 Å². The average molecular weight is 394 g/mol. The first-order valence-corrected chi connectivity index (χ1v) is 10.3. The van der Waals surface area contributed by atoms with E-state index in [9.17, 15) is 15.2 Å². The summed E-state index contributed by atoms with van der Waals surface area (Å²) in [6.07, 6.45) is 1.88. The highest BCUT2D eigenvalue weighted by atomic mass is 16.4. The molecule has 0 aliphatic carbocycles. The zero-order valence-corrected chi connectivity index (χ0v) is 18.0. The topological polar surface area (TPSA) is 76.4 Å². The van der Waals surface area contributed by atoms with Crippen LogP contribution in [0, 0.1) is 32.1 Å². The second-order valence-corrected chi connectivity index (χ2v) is 7.23. The third-order valence-electron chi connectivity index (χ3n) is 5.39. The number of para-hydroxylation sites is 1. The van der Waals surface area contributed by atoms with Crippen LogP contribution >= 0.6 is 0 Å². The van der Waals surface area contributed by atoms with E-state index in [1.807, 2.05) is 65.0 Å². The third kappa shape index (κ3) is 4.89. The molecule has 2 N–H and O–H groups in total. The quantitative estimate of drug-likeness (QED) is 0.738. The van der Waals surface area contributed by atoms with E-state index in [1.165, 1.54) is 0 Å². The Morgan fingerprint density at radius 1 is 1.14 bits per heavy atom. The molecule has 1 aliphatic rings. The van der Waals surface area contributed by atoms with Crippen LogP contribution in [0.2, 0.25) is 0 Å². The Bertz CT molecular complexity index is 907. The molecule has 0 radical (unpaired) electrons. The standard InChI is InChI=1S/C22H25N3O2.C2H6/c1-14-12-15(2)21(16(3)20(14)22(26)27)24-18-8-10-25(11-9-18)19-7-5-4-6-17(19)13-23;1-2/h4-7,12,18,24H,8-11H2,1-3H3,(H,26,27);1-2H3. The molecule has 1 aliphatic heterocycles. The van der Waals surface area contributed by atoms with E-state index in [0.29, 0.717) is 11.1 Å². The van der Waals surface area contributed by atoms with Gasteiger partial charge in [-0.25, -0.2) is 4.79 Å². The van der Waals surface area contributed by atoms with Gasteiger partial charge in [0.05, 0.1) is 16.8 Å². The molecule has 1 saturated heterocycles. The first kappa shape index (κ1) is 22.3. The Balaban J connectivity index is 0.00000145. The van der Waals surface area contributed by atoms with Crippen LogP contribution < -0.4 is 10.2 Å². The minimum Gasteiger partial charge on any atom is -0.478 e. The Labute approximate surface area is 174 Å². The van der Waals surface area contributed by atoms with Crippen molar-refractivity contribution in [2.24, 2.45) is 0 Å². The number of piperidine rings is 1. The number of carboxylic acids is 1. The van der Waals surface area contributed by atoms with Gasteiger partial charge in [-0.2, -0.15) is 5.26 Å². The van der Waals surface area contributed by atoms with Crippen molar-refractivity contribution < 1.29 is 9.90 Å². The van der Waals surface area contributed by atoms with Gasteiger partial charge in [-0.15, -0.1) is 0 Å². The number of aryl methyl sites for hydroxylation is 2. The van der Waals surface area contributed by atoms with Gasteiger partial charge in [-0.3, -0.25) is 0 Å². The largest absolute Gasteiger partial charge is 0.478 e. The lowest BCUT2D eigenvalue weighted by Gasteiger charge is -2.35. The number of carboxylic acid groups (broad SMARTS) is 1. The number of rotatable bonds is 4. The SMILES string of the molecule is CC.Cc1cc(C)c(C(=O)O)c(C)c1NC1CCN(c2ccccc2C#N)CC1. The molecule has 0 atom stereocenters. The lowest BCUT2D eigenvalue weighted by Crippen LogP contribution is -2.39. The van der Waals surface area contributed by atoms with Crippen LogP contribution in [0.4, 0.5) is 11.4 Å². The van der Waals surface area contributed by atoms with Gasteiger partial charge in [0.2, 0.25) is 0 Å². The maximum absolute atomic E-state index is 11.6. The van der Waals surface area contributed by atoms with Crippen LogP contribution in [-0.2, 0) is 0 Å². The van der Waals surface area contributed by atoms with Gasteiger partial charge in [-0.05, 0) is 62.4 Å². The maximum atomic E-state index is 11.6. The molecular formula is C24H31N3O2. The summed E-state index contributed by atoms with van der Waals surface area (Å²) in [5.41, 5.74) is 5.71. The smallest absolute Gasteiger partial charge is 0.336 e. The van der Waals surface area contributed by atoms with E-state index in [-0.39, 0.29) is 6.04 Å². The van der Waals surface area contributed by atoms with E-state index in [0.717, 1.165) is 54.0 Å². The molecule has 1 heterocycles. The normalized spacial score (nSPS) is 13.9. The summed E-state index contributed by atoms with van der Waals surface area (Å²) < 4.78 is 0. The summed E-state index contributed by atoms with van der Waals surface area (Å²) in [4.78, 5) is 13.9. The summed E-state index contributed by atoms with van der Waals surface area (Å²) in [6, 6.07) is 12.2. The lowest BCUT2D eigenvalue weighted by atomic mass is 9.95. The minimum atomic E-state index is -0.879. The van der Waals surface area contributed by atoms with Crippen molar-refractivity contribution in [3.8, 4) is 6.07 Å². The fraction of sp³-hybridized carbons (Fsp3) is 0.417. The molecule has 0 spiro atoms. The number of anilines is 2. The van der Waals surface area contributed by atoms with Gasteiger partial charge in [0.1, 0.15) is 6.07 Å². The molecule has 29 heavy (non-hydrogen) atoms. The summed E-state index contributed by atoms with van der Waals surface area (Å²) in [7, 11) is 0. The molecular weight excluding hydrogens is 362 g/mol. The molecule has 0 unspecified atom stereocenters. The van der Waals surface area contributed by atoms with Gasteiger partial charge >= 0.3 is 5.97 Å². The van der Waals surface area contributed by atoms with E-state index < -0.39 is 5.97 Å². The molecule has 1 fully saturated rings. The van der Waals surface area contributed by atoms with Gasteiger partial charge in [0, 0.05) is 24.8 Å². The Hall–Kier alpha value is -3.00. The summed E-state index contributed by atoms with van der Waals surface area (Å²) in [5, 5.41) is 22.4. The van der Waals surface area contributed by atoms with Gasteiger partial charge in [0.15, 0.2) is 0 Å². The highest BCUT2D eigenvalue weighted by Gasteiger charge is 2.23. The third-order valence-corrected chi connectivity index (χ3v) is 5.39. The Morgan fingerprint density at radius 2 is 1.76 bits per heavy atom. The number of benzene rings is 2. The molecule has 2 aromatic carbocycles. The van der Waals surface area contributed by atoms with Crippen molar-refractivity contribution >= 4 is 17.3 Å². The molecule has 2 aromatic rings. The monoisotopic (exact) mass is 393 g/mol. The number of hydrogen-bond donors (Lipinski definition) is 2. The zero-order valence-electron chi connectivity index (χ0n) is 18.0. The van der Waals surface area contributed by atoms with Crippen LogP contribution in [0.25, 0.3) is 0 Å². The fourth-order valence-electron chi connectivity index (χ4n) is 4.05. The van der Waals surface area contributed by atoms with Crippen LogP contribution in [-0.4, -0.2) is 30.2 Å². The van der Waals surface area contributed by atoms with E-state index >= 15 is 0 Å². The van der Waals surface area contributed by atoms with Gasteiger partial charge < -0.3 is 15.3 Å².